The number of anilines is 1. The van der Waals surface area contributed by atoms with Crippen LogP contribution in [0.5, 0.6) is 0 Å². The molecule has 8 heteroatoms. The maximum atomic E-state index is 11.9. The number of piperidine rings is 1. The van der Waals surface area contributed by atoms with Gasteiger partial charge in [0.05, 0.1) is 10.5 Å². The topological polar surface area (TPSA) is 109 Å². The van der Waals surface area contributed by atoms with E-state index in [9.17, 15) is 14.9 Å². The first-order valence-corrected chi connectivity index (χ1v) is 7.99. The third-order valence-corrected chi connectivity index (χ3v) is 4.47. The summed E-state index contributed by atoms with van der Waals surface area (Å²) in [5, 5.41) is 20.3. The van der Waals surface area contributed by atoms with Gasteiger partial charge in [0.15, 0.2) is 0 Å². The van der Waals surface area contributed by atoms with Crippen LogP contribution in [0, 0.1) is 10.1 Å². The monoisotopic (exact) mass is 342 g/mol. The highest BCUT2D eigenvalue weighted by Crippen LogP contribution is 2.36. The smallest absolute Gasteiger partial charge is 0.293 e. The summed E-state index contributed by atoms with van der Waals surface area (Å²) in [6.45, 7) is 1.13. The molecule has 0 spiro atoms. The molecule has 0 aliphatic carbocycles. The molecule has 25 heavy (non-hydrogen) atoms. The second-order valence-electron chi connectivity index (χ2n) is 5.89. The molecule has 1 aromatic carbocycles. The molecule has 1 fully saturated rings. The van der Waals surface area contributed by atoms with Crippen LogP contribution in [0.4, 0.5) is 11.4 Å². The number of benzene rings is 1. The number of hydrogen-bond donors (Lipinski definition) is 2. The van der Waals surface area contributed by atoms with Crippen molar-refractivity contribution in [1.29, 1.82) is 0 Å². The Balaban J connectivity index is 1.87. The summed E-state index contributed by atoms with van der Waals surface area (Å²) >= 11 is 0. The average Bonchev–Trinajstić information content (AvgIpc) is 2.67. The van der Waals surface area contributed by atoms with E-state index in [1.165, 1.54) is 18.2 Å². The number of hydroxylamine groups is 1. The SMILES string of the molecule is O=C(NO)c1cccc([N+](=O)[O-])c1N1CCC(c2ccccn2)CC1. The molecule has 0 saturated carbocycles. The van der Waals surface area contributed by atoms with E-state index in [2.05, 4.69) is 4.98 Å². The summed E-state index contributed by atoms with van der Waals surface area (Å²) in [7, 11) is 0. The van der Waals surface area contributed by atoms with Crippen molar-refractivity contribution in [3.8, 4) is 0 Å². The number of nitro benzene ring substituents is 1. The van der Waals surface area contributed by atoms with E-state index in [1.54, 1.807) is 11.7 Å². The van der Waals surface area contributed by atoms with Gasteiger partial charge >= 0.3 is 0 Å². The van der Waals surface area contributed by atoms with Gasteiger partial charge in [-0.2, -0.15) is 0 Å². The van der Waals surface area contributed by atoms with Crippen molar-refractivity contribution in [2.75, 3.05) is 18.0 Å². The van der Waals surface area contributed by atoms with Gasteiger partial charge in [0, 0.05) is 37.0 Å². The van der Waals surface area contributed by atoms with Gasteiger partial charge in [0.2, 0.25) is 0 Å². The van der Waals surface area contributed by atoms with Crippen molar-refractivity contribution in [3.63, 3.8) is 0 Å². The van der Waals surface area contributed by atoms with Crippen LogP contribution in [-0.4, -0.2) is 34.1 Å². The quantitative estimate of drug-likeness (QED) is 0.502. The molecule has 1 aromatic heterocycles. The molecule has 0 atom stereocenters. The number of aromatic nitrogens is 1. The van der Waals surface area contributed by atoms with Crippen molar-refractivity contribution in [2.24, 2.45) is 0 Å². The molecule has 2 N–H and O–H groups in total. The molecular formula is C17H18N4O4. The molecule has 1 aliphatic heterocycles. The standard InChI is InChI=1S/C17H18N4O4/c22-17(19-23)13-4-3-6-15(21(24)25)16(13)20-10-7-12(8-11-20)14-5-1-2-9-18-14/h1-6,9,12,23H,7-8,10-11H2,(H,19,22). The molecule has 0 bridgehead atoms. The summed E-state index contributed by atoms with van der Waals surface area (Å²) in [5.74, 6) is -0.471. The van der Waals surface area contributed by atoms with Crippen molar-refractivity contribution < 1.29 is 14.9 Å². The Morgan fingerprint density at radius 3 is 2.60 bits per heavy atom. The number of nitrogens with zero attached hydrogens (tertiary/aromatic N) is 3. The van der Waals surface area contributed by atoms with Crippen LogP contribution in [0.25, 0.3) is 0 Å². The van der Waals surface area contributed by atoms with Gasteiger partial charge in [0.25, 0.3) is 11.6 Å². The third-order valence-electron chi connectivity index (χ3n) is 4.47. The minimum absolute atomic E-state index is 0.0907. The number of hydrogen-bond acceptors (Lipinski definition) is 6. The van der Waals surface area contributed by atoms with Crippen LogP contribution in [0.1, 0.15) is 34.8 Å². The number of carbonyl (C=O) groups is 1. The number of carbonyl (C=O) groups excluding carboxylic acids is 1. The Morgan fingerprint density at radius 1 is 1.24 bits per heavy atom. The highest BCUT2D eigenvalue weighted by atomic mass is 16.6. The first-order chi connectivity index (χ1) is 12.1. The minimum Gasteiger partial charge on any atom is -0.365 e. The molecule has 130 valence electrons. The van der Waals surface area contributed by atoms with Crippen molar-refractivity contribution in [1.82, 2.24) is 10.5 Å². The molecule has 2 aromatic rings. The number of nitro groups is 1. The fraction of sp³-hybridized carbons (Fsp3) is 0.294. The summed E-state index contributed by atoms with van der Waals surface area (Å²) in [6.07, 6.45) is 3.32. The van der Waals surface area contributed by atoms with Crippen LogP contribution in [-0.2, 0) is 0 Å². The highest BCUT2D eigenvalue weighted by Gasteiger charge is 2.30. The van der Waals surface area contributed by atoms with E-state index in [0.717, 1.165) is 18.5 Å². The van der Waals surface area contributed by atoms with Gasteiger partial charge < -0.3 is 4.90 Å². The van der Waals surface area contributed by atoms with Crippen molar-refractivity contribution in [2.45, 2.75) is 18.8 Å². The summed E-state index contributed by atoms with van der Waals surface area (Å²) in [6, 6.07) is 10.1. The fourth-order valence-corrected chi connectivity index (χ4v) is 3.27. The lowest BCUT2D eigenvalue weighted by atomic mass is 9.92. The Bertz CT molecular complexity index is 773. The number of nitrogens with one attached hydrogen (secondary N) is 1. The Hall–Kier alpha value is -3.00. The van der Waals surface area contributed by atoms with Gasteiger partial charge in [-0.25, -0.2) is 5.48 Å². The lowest BCUT2D eigenvalue weighted by molar-refractivity contribution is -0.384. The van der Waals surface area contributed by atoms with Gasteiger partial charge in [-0.15, -0.1) is 0 Å². The van der Waals surface area contributed by atoms with Gasteiger partial charge in [0.1, 0.15) is 5.69 Å². The van der Waals surface area contributed by atoms with E-state index in [0.29, 0.717) is 13.1 Å². The lowest BCUT2D eigenvalue weighted by Gasteiger charge is -2.33. The number of para-hydroxylation sites is 1. The van der Waals surface area contributed by atoms with Gasteiger partial charge in [-0.3, -0.25) is 25.1 Å². The van der Waals surface area contributed by atoms with Crippen LogP contribution in [0.2, 0.25) is 0 Å². The highest BCUT2D eigenvalue weighted by molar-refractivity contribution is 6.01. The summed E-state index contributed by atoms with van der Waals surface area (Å²) in [5.41, 5.74) is 2.77. The normalized spacial score (nSPS) is 15.0. The zero-order chi connectivity index (χ0) is 17.8. The Kier molecular flexibility index (Phi) is 4.90. The van der Waals surface area contributed by atoms with Crippen LogP contribution in [0.3, 0.4) is 0 Å². The zero-order valence-electron chi connectivity index (χ0n) is 13.5. The van der Waals surface area contributed by atoms with Crippen LogP contribution < -0.4 is 10.4 Å². The molecule has 8 nitrogen and oxygen atoms in total. The van der Waals surface area contributed by atoms with E-state index in [1.807, 2.05) is 23.1 Å². The number of pyridine rings is 1. The predicted molar refractivity (Wildman–Crippen MR) is 90.8 cm³/mol. The number of rotatable bonds is 4. The molecule has 1 aliphatic rings. The van der Waals surface area contributed by atoms with Gasteiger partial charge in [-0.1, -0.05) is 12.1 Å². The maximum Gasteiger partial charge on any atom is 0.293 e. The summed E-state index contributed by atoms with van der Waals surface area (Å²) < 4.78 is 0. The van der Waals surface area contributed by atoms with E-state index in [4.69, 9.17) is 5.21 Å². The third kappa shape index (κ3) is 3.43. The second-order valence-corrected chi connectivity index (χ2v) is 5.89. The van der Waals surface area contributed by atoms with Crippen molar-refractivity contribution >= 4 is 17.3 Å². The molecule has 1 saturated heterocycles. The predicted octanol–water partition coefficient (Wildman–Crippen LogP) is 2.49. The van der Waals surface area contributed by atoms with Gasteiger partial charge in [-0.05, 0) is 31.0 Å². The van der Waals surface area contributed by atoms with Crippen LogP contribution >= 0.6 is 0 Å². The van der Waals surface area contributed by atoms with E-state index in [-0.39, 0.29) is 22.9 Å². The van der Waals surface area contributed by atoms with E-state index < -0.39 is 10.8 Å². The maximum absolute atomic E-state index is 11.9. The fourth-order valence-electron chi connectivity index (χ4n) is 3.27. The van der Waals surface area contributed by atoms with E-state index >= 15 is 0 Å². The van der Waals surface area contributed by atoms with Crippen LogP contribution in [0.15, 0.2) is 42.6 Å². The minimum atomic E-state index is -0.759. The lowest BCUT2D eigenvalue weighted by Crippen LogP contribution is -2.35. The van der Waals surface area contributed by atoms with Crippen molar-refractivity contribution in [3.05, 3.63) is 64.0 Å². The largest absolute Gasteiger partial charge is 0.365 e. The zero-order valence-corrected chi connectivity index (χ0v) is 13.5. The summed E-state index contributed by atoms with van der Waals surface area (Å²) in [4.78, 5) is 29.0. The molecule has 3 rings (SSSR count). The second kappa shape index (κ2) is 7.27. The first kappa shape index (κ1) is 16.8. The Morgan fingerprint density at radius 2 is 2.00 bits per heavy atom. The molecule has 0 unspecified atom stereocenters. The molecular weight excluding hydrogens is 324 g/mol. The molecule has 2 heterocycles. The Labute approximate surface area is 144 Å². The first-order valence-electron chi connectivity index (χ1n) is 7.99. The average molecular weight is 342 g/mol. The molecule has 0 radical (unpaired) electrons. The molecule has 1 amide bonds. The number of amides is 1.